The van der Waals surface area contributed by atoms with Crippen molar-refractivity contribution in [2.24, 2.45) is 11.3 Å². The highest BCUT2D eigenvalue weighted by molar-refractivity contribution is 5.79. The van der Waals surface area contributed by atoms with Gasteiger partial charge in [0.2, 0.25) is 5.91 Å². The van der Waals surface area contributed by atoms with Gasteiger partial charge in [0.1, 0.15) is 0 Å². The van der Waals surface area contributed by atoms with Crippen LogP contribution < -0.4 is 5.32 Å². The van der Waals surface area contributed by atoms with Crippen LogP contribution in [0.4, 0.5) is 0 Å². The fourth-order valence-corrected chi connectivity index (χ4v) is 3.50. The Hall–Kier alpha value is -0.570. The van der Waals surface area contributed by atoms with Crippen molar-refractivity contribution >= 4 is 5.91 Å². The van der Waals surface area contributed by atoms with Crippen molar-refractivity contribution in [3.05, 3.63) is 0 Å². The van der Waals surface area contributed by atoms with Gasteiger partial charge >= 0.3 is 0 Å². The van der Waals surface area contributed by atoms with Gasteiger partial charge in [-0.1, -0.05) is 27.7 Å². The van der Waals surface area contributed by atoms with Crippen LogP contribution in [0, 0.1) is 11.3 Å². The molecular formula is C16H30N2O. The molecule has 1 N–H and O–H groups in total. The maximum absolute atomic E-state index is 12.6. The Morgan fingerprint density at radius 3 is 2.26 bits per heavy atom. The predicted molar refractivity (Wildman–Crippen MR) is 79.0 cm³/mol. The molecule has 1 unspecified atom stereocenters. The first-order chi connectivity index (χ1) is 8.91. The number of rotatable bonds is 3. The first-order valence-corrected chi connectivity index (χ1v) is 7.93. The largest absolute Gasteiger partial charge is 0.335 e. The highest BCUT2D eigenvalue weighted by Gasteiger charge is 2.37. The molecule has 19 heavy (non-hydrogen) atoms. The summed E-state index contributed by atoms with van der Waals surface area (Å²) in [6, 6.07) is 0.911. The molecule has 2 fully saturated rings. The normalized spacial score (nSPS) is 27.7. The number of carbonyl (C=O) groups is 1. The van der Waals surface area contributed by atoms with Crippen molar-refractivity contribution in [1.29, 1.82) is 0 Å². The van der Waals surface area contributed by atoms with E-state index in [9.17, 15) is 4.79 Å². The summed E-state index contributed by atoms with van der Waals surface area (Å²) in [7, 11) is 0. The quantitative estimate of drug-likeness (QED) is 0.852. The van der Waals surface area contributed by atoms with Gasteiger partial charge < -0.3 is 10.2 Å². The molecular weight excluding hydrogens is 236 g/mol. The minimum Gasteiger partial charge on any atom is -0.335 e. The SMILES string of the molecule is CC(C)C(=O)N(C1CCC(C)(C)CC1)C1CCNC1. The van der Waals surface area contributed by atoms with Gasteiger partial charge in [0.25, 0.3) is 0 Å². The van der Waals surface area contributed by atoms with Crippen LogP contribution in [0.5, 0.6) is 0 Å². The predicted octanol–water partition coefficient (Wildman–Crippen LogP) is 2.80. The van der Waals surface area contributed by atoms with Crippen molar-refractivity contribution in [3.8, 4) is 0 Å². The third-order valence-electron chi connectivity index (χ3n) is 4.88. The highest BCUT2D eigenvalue weighted by atomic mass is 16.2. The molecule has 2 rings (SSSR count). The van der Waals surface area contributed by atoms with Crippen LogP contribution in [0.1, 0.15) is 59.8 Å². The first kappa shape index (κ1) is 14.8. The number of amides is 1. The molecule has 3 heteroatoms. The zero-order valence-electron chi connectivity index (χ0n) is 13.0. The standard InChI is InChI=1S/C16H30N2O/c1-12(2)15(19)18(14-7-10-17-11-14)13-5-8-16(3,4)9-6-13/h12-14,17H,5-11H2,1-4H3. The number of nitrogens with one attached hydrogen (secondary N) is 1. The van der Waals surface area contributed by atoms with Crippen molar-refractivity contribution in [1.82, 2.24) is 10.2 Å². The molecule has 0 aromatic rings. The van der Waals surface area contributed by atoms with E-state index in [1.54, 1.807) is 0 Å². The molecule has 0 spiro atoms. The van der Waals surface area contributed by atoms with E-state index in [-0.39, 0.29) is 5.92 Å². The van der Waals surface area contributed by atoms with Crippen LogP contribution in [-0.2, 0) is 4.79 Å². The van der Waals surface area contributed by atoms with Crippen LogP contribution in [0.2, 0.25) is 0 Å². The van der Waals surface area contributed by atoms with E-state index in [1.807, 2.05) is 13.8 Å². The average molecular weight is 266 g/mol. The fourth-order valence-electron chi connectivity index (χ4n) is 3.50. The van der Waals surface area contributed by atoms with E-state index in [4.69, 9.17) is 0 Å². The van der Waals surface area contributed by atoms with E-state index >= 15 is 0 Å². The Kier molecular flexibility index (Phi) is 4.54. The monoisotopic (exact) mass is 266 g/mol. The second-order valence-corrected chi connectivity index (χ2v) is 7.44. The van der Waals surface area contributed by atoms with Gasteiger partial charge in [-0.3, -0.25) is 4.79 Å². The molecule has 0 aromatic carbocycles. The van der Waals surface area contributed by atoms with Crippen LogP contribution >= 0.6 is 0 Å². The van der Waals surface area contributed by atoms with E-state index in [0.29, 0.717) is 23.4 Å². The van der Waals surface area contributed by atoms with Crippen molar-refractivity contribution < 1.29 is 4.79 Å². The Morgan fingerprint density at radius 1 is 1.16 bits per heavy atom. The summed E-state index contributed by atoms with van der Waals surface area (Å²) in [6.07, 6.45) is 5.99. The lowest BCUT2D eigenvalue weighted by Crippen LogP contribution is -2.51. The molecule has 1 saturated heterocycles. The third-order valence-corrected chi connectivity index (χ3v) is 4.88. The number of hydrogen-bond acceptors (Lipinski definition) is 2. The topological polar surface area (TPSA) is 32.3 Å². The summed E-state index contributed by atoms with van der Waals surface area (Å²) in [5, 5.41) is 3.41. The van der Waals surface area contributed by atoms with Gasteiger partial charge in [0, 0.05) is 24.5 Å². The molecule has 3 nitrogen and oxygen atoms in total. The van der Waals surface area contributed by atoms with Gasteiger partial charge in [-0.05, 0) is 44.1 Å². The third kappa shape index (κ3) is 3.50. The summed E-state index contributed by atoms with van der Waals surface area (Å²) in [6.45, 7) is 10.8. The van der Waals surface area contributed by atoms with Crippen LogP contribution in [0.3, 0.4) is 0 Å². The number of nitrogens with zero attached hydrogens (tertiary/aromatic N) is 1. The number of hydrogen-bond donors (Lipinski definition) is 1. The molecule has 1 amide bonds. The fraction of sp³-hybridized carbons (Fsp3) is 0.938. The maximum atomic E-state index is 12.6. The minimum absolute atomic E-state index is 0.121. The number of carbonyl (C=O) groups excluding carboxylic acids is 1. The maximum Gasteiger partial charge on any atom is 0.225 e. The minimum atomic E-state index is 0.121. The summed E-state index contributed by atoms with van der Waals surface area (Å²) in [5.74, 6) is 0.481. The van der Waals surface area contributed by atoms with Crippen LogP contribution in [0.25, 0.3) is 0 Å². The zero-order valence-corrected chi connectivity index (χ0v) is 13.0. The van der Waals surface area contributed by atoms with Crippen LogP contribution in [-0.4, -0.2) is 36.0 Å². The second kappa shape index (κ2) is 5.82. The molecule has 1 saturated carbocycles. The van der Waals surface area contributed by atoms with Crippen molar-refractivity contribution in [2.45, 2.75) is 71.9 Å². The van der Waals surface area contributed by atoms with Crippen molar-refractivity contribution in [2.75, 3.05) is 13.1 Å². The summed E-state index contributed by atoms with van der Waals surface area (Å²) >= 11 is 0. The average Bonchev–Trinajstić information content (AvgIpc) is 2.85. The van der Waals surface area contributed by atoms with Gasteiger partial charge in [0.05, 0.1) is 0 Å². The van der Waals surface area contributed by atoms with Gasteiger partial charge in [-0.2, -0.15) is 0 Å². The summed E-state index contributed by atoms with van der Waals surface area (Å²) < 4.78 is 0. The Balaban J connectivity index is 2.07. The van der Waals surface area contributed by atoms with E-state index in [2.05, 4.69) is 24.1 Å². The molecule has 1 heterocycles. The molecule has 0 bridgehead atoms. The van der Waals surface area contributed by atoms with E-state index in [0.717, 1.165) is 19.5 Å². The summed E-state index contributed by atoms with van der Waals surface area (Å²) in [4.78, 5) is 14.8. The smallest absolute Gasteiger partial charge is 0.225 e. The van der Waals surface area contributed by atoms with E-state index in [1.165, 1.54) is 25.7 Å². The first-order valence-electron chi connectivity index (χ1n) is 7.93. The zero-order chi connectivity index (χ0) is 14.0. The van der Waals surface area contributed by atoms with Gasteiger partial charge in [0.15, 0.2) is 0 Å². The molecule has 0 aromatic heterocycles. The van der Waals surface area contributed by atoms with E-state index < -0.39 is 0 Å². The van der Waals surface area contributed by atoms with Gasteiger partial charge in [-0.15, -0.1) is 0 Å². The van der Waals surface area contributed by atoms with Crippen molar-refractivity contribution in [3.63, 3.8) is 0 Å². The molecule has 1 atom stereocenters. The Labute approximate surface area is 118 Å². The second-order valence-electron chi connectivity index (χ2n) is 7.44. The summed E-state index contributed by atoms with van der Waals surface area (Å²) in [5.41, 5.74) is 0.469. The molecule has 110 valence electrons. The molecule has 1 aliphatic heterocycles. The van der Waals surface area contributed by atoms with Gasteiger partial charge in [-0.25, -0.2) is 0 Å². The molecule has 1 aliphatic carbocycles. The lowest BCUT2D eigenvalue weighted by atomic mass is 9.75. The Morgan fingerprint density at radius 2 is 1.79 bits per heavy atom. The Bertz CT molecular complexity index is 309. The lowest BCUT2D eigenvalue weighted by Gasteiger charge is -2.43. The molecule has 0 radical (unpaired) electrons. The highest BCUT2D eigenvalue weighted by Crippen LogP contribution is 2.38. The molecule has 2 aliphatic rings. The van der Waals surface area contributed by atoms with Crippen LogP contribution in [0.15, 0.2) is 0 Å². The lowest BCUT2D eigenvalue weighted by molar-refractivity contribution is -0.140.